The molecule has 0 aliphatic rings. The molecule has 5 rings (SSSR count). The van der Waals surface area contributed by atoms with E-state index in [1.165, 1.54) is 0 Å². The Balaban J connectivity index is 1.38. The number of hydrogen-bond acceptors (Lipinski definition) is 6. The van der Waals surface area contributed by atoms with Gasteiger partial charge in [0.15, 0.2) is 5.69 Å². The first kappa shape index (κ1) is 19.3. The molecule has 2 N–H and O–H groups in total. The van der Waals surface area contributed by atoms with E-state index in [2.05, 4.69) is 31.1 Å². The highest BCUT2D eigenvalue weighted by Crippen LogP contribution is 2.21. The molecule has 0 spiro atoms. The Hall–Kier alpha value is -4.66. The number of aromatic nitrogens is 5. The fourth-order valence-corrected chi connectivity index (χ4v) is 3.57. The maximum atomic E-state index is 12.7. The van der Waals surface area contributed by atoms with Gasteiger partial charge < -0.3 is 0 Å². The molecule has 9 heteroatoms. The maximum absolute atomic E-state index is 12.7. The molecule has 0 unspecified atom stereocenters. The molecule has 2 aromatic carbocycles. The maximum Gasteiger partial charge on any atom is 0.292 e. The van der Waals surface area contributed by atoms with E-state index >= 15 is 0 Å². The van der Waals surface area contributed by atoms with Gasteiger partial charge in [0.2, 0.25) is 0 Å². The molecule has 0 saturated carbocycles. The average molecular weight is 423 g/mol. The summed E-state index contributed by atoms with van der Waals surface area (Å²) in [4.78, 5) is 34.0. The molecule has 0 aliphatic heterocycles. The summed E-state index contributed by atoms with van der Waals surface area (Å²) in [6, 6.07) is 18.3. The summed E-state index contributed by atoms with van der Waals surface area (Å²) in [6.07, 6.45) is 3.35. The Kier molecular flexibility index (Phi) is 4.75. The minimum atomic E-state index is -0.575. The topological polar surface area (TPSA) is 115 Å². The van der Waals surface area contributed by atoms with Gasteiger partial charge in [0.05, 0.1) is 28.0 Å². The number of nitrogens with one attached hydrogen (secondary N) is 2. The number of hydrazine groups is 1. The third kappa shape index (κ3) is 3.31. The second-order valence-corrected chi connectivity index (χ2v) is 7.07. The predicted molar refractivity (Wildman–Crippen MR) is 118 cm³/mol. The molecule has 3 aromatic heterocycles. The largest absolute Gasteiger partial charge is 0.292 e. The fraction of sp³-hybridized carbons (Fsp3) is 0.0435. The van der Waals surface area contributed by atoms with Crippen LogP contribution in [0, 0.1) is 6.92 Å². The number of carbonyl (C=O) groups excluding carboxylic acids is 2. The van der Waals surface area contributed by atoms with E-state index in [0.29, 0.717) is 27.8 Å². The normalized spacial score (nSPS) is 10.9. The van der Waals surface area contributed by atoms with Gasteiger partial charge in [0, 0.05) is 23.2 Å². The number of nitrogens with zero attached hydrogens (tertiary/aromatic N) is 5. The fourth-order valence-electron chi connectivity index (χ4n) is 3.57. The molecule has 0 saturated heterocycles. The van der Waals surface area contributed by atoms with Gasteiger partial charge in [-0.25, -0.2) is 4.68 Å². The summed E-state index contributed by atoms with van der Waals surface area (Å²) in [6.45, 7) is 1.73. The SMILES string of the molecule is Cc1c(C(=O)NNC(=O)c2cccc3ncccc23)nnn1-c1cccc2cccnc12. The number of pyridine rings is 2. The van der Waals surface area contributed by atoms with Crippen molar-refractivity contribution in [2.45, 2.75) is 6.92 Å². The second kappa shape index (κ2) is 7.88. The van der Waals surface area contributed by atoms with Crippen LogP contribution in [0.15, 0.2) is 73.1 Å². The quantitative estimate of drug-likeness (QED) is 0.431. The Morgan fingerprint density at radius 3 is 2.50 bits per heavy atom. The summed E-state index contributed by atoms with van der Waals surface area (Å²) in [5.41, 5.74) is 8.01. The van der Waals surface area contributed by atoms with Gasteiger partial charge in [0.25, 0.3) is 11.8 Å². The van der Waals surface area contributed by atoms with Crippen molar-refractivity contribution in [1.82, 2.24) is 35.8 Å². The van der Waals surface area contributed by atoms with Crippen LogP contribution in [0.1, 0.15) is 26.5 Å². The lowest BCUT2D eigenvalue weighted by atomic mass is 10.1. The Morgan fingerprint density at radius 2 is 1.59 bits per heavy atom. The van der Waals surface area contributed by atoms with Crippen LogP contribution in [-0.4, -0.2) is 36.8 Å². The zero-order valence-electron chi connectivity index (χ0n) is 17.0. The first-order valence-electron chi connectivity index (χ1n) is 9.84. The summed E-state index contributed by atoms with van der Waals surface area (Å²) >= 11 is 0. The Morgan fingerprint density at radius 1 is 0.844 bits per heavy atom. The number of benzene rings is 2. The standard InChI is InChI=1S/C23H17N7O2/c1-14-20(26-29-30(14)19-11-2-6-15-7-4-13-25-21(15)19)23(32)28-27-22(31)17-8-3-10-18-16(17)9-5-12-24-18/h2-13H,1H3,(H,27,31)(H,28,32). The zero-order valence-corrected chi connectivity index (χ0v) is 17.0. The van der Waals surface area contributed by atoms with E-state index in [-0.39, 0.29) is 5.69 Å². The monoisotopic (exact) mass is 423 g/mol. The first-order chi connectivity index (χ1) is 15.6. The smallest absolute Gasteiger partial charge is 0.267 e. The van der Waals surface area contributed by atoms with Gasteiger partial charge in [-0.2, -0.15) is 0 Å². The van der Waals surface area contributed by atoms with E-state index in [0.717, 1.165) is 10.9 Å². The molecule has 3 heterocycles. The lowest BCUT2D eigenvalue weighted by Crippen LogP contribution is -2.42. The highest BCUT2D eigenvalue weighted by atomic mass is 16.2. The Labute approximate surface area is 182 Å². The van der Waals surface area contributed by atoms with Crippen LogP contribution in [0.3, 0.4) is 0 Å². The van der Waals surface area contributed by atoms with Crippen molar-refractivity contribution in [3.05, 3.63) is 90.0 Å². The van der Waals surface area contributed by atoms with Crippen molar-refractivity contribution in [2.24, 2.45) is 0 Å². The highest BCUT2D eigenvalue weighted by Gasteiger charge is 2.20. The first-order valence-corrected chi connectivity index (χ1v) is 9.84. The van der Waals surface area contributed by atoms with Crippen molar-refractivity contribution < 1.29 is 9.59 Å². The van der Waals surface area contributed by atoms with Crippen molar-refractivity contribution in [3.8, 4) is 5.69 Å². The van der Waals surface area contributed by atoms with Gasteiger partial charge in [-0.05, 0) is 37.3 Å². The van der Waals surface area contributed by atoms with Crippen LogP contribution in [0.25, 0.3) is 27.5 Å². The van der Waals surface area contributed by atoms with Gasteiger partial charge >= 0.3 is 0 Å². The molecular weight excluding hydrogens is 406 g/mol. The molecule has 2 amide bonds. The van der Waals surface area contributed by atoms with Crippen molar-refractivity contribution >= 4 is 33.6 Å². The summed E-state index contributed by atoms with van der Waals surface area (Å²) < 4.78 is 1.56. The lowest BCUT2D eigenvalue weighted by molar-refractivity contribution is 0.0844. The third-order valence-electron chi connectivity index (χ3n) is 5.13. The number of rotatable bonds is 3. The van der Waals surface area contributed by atoms with E-state index in [1.807, 2.05) is 36.4 Å². The van der Waals surface area contributed by atoms with Crippen LogP contribution in [0.2, 0.25) is 0 Å². The van der Waals surface area contributed by atoms with Crippen LogP contribution in [0.5, 0.6) is 0 Å². The van der Waals surface area contributed by atoms with Gasteiger partial charge in [-0.1, -0.05) is 35.5 Å². The molecule has 9 nitrogen and oxygen atoms in total. The summed E-state index contributed by atoms with van der Waals surface area (Å²) in [5.74, 6) is -1.03. The minimum absolute atomic E-state index is 0.0952. The highest BCUT2D eigenvalue weighted by molar-refractivity contribution is 6.07. The molecule has 32 heavy (non-hydrogen) atoms. The molecule has 5 aromatic rings. The molecule has 0 aliphatic carbocycles. The van der Waals surface area contributed by atoms with E-state index in [1.54, 1.807) is 48.3 Å². The van der Waals surface area contributed by atoms with Crippen molar-refractivity contribution in [1.29, 1.82) is 0 Å². The summed E-state index contributed by atoms with van der Waals surface area (Å²) in [5, 5.41) is 9.77. The molecular formula is C23H17N7O2. The van der Waals surface area contributed by atoms with E-state index < -0.39 is 11.8 Å². The van der Waals surface area contributed by atoms with Crippen LogP contribution in [-0.2, 0) is 0 Å². The van der Waals surface area contributed by atoms with Gasteiger partial charge in [0.1, 0.15) is 0 Å². The van der Waals surface area contributed by atoms with E-state index in [9.17, 15) is 9.59 Å². The van der Waals surface area contributed by atoms with E-state index in [4.69, 9.17) is 0 Å². The van der Waals surface area contributed by atoms with Gasteiger partial charge in [-0.15, -0.1) is 5.10 Å². The number of fused-ring (bicyclic) bond motifs is 2. The van der Waals surface area contributed by atoms with Gasteiger partial charge in [-0.3, -0.25) is 30.4 Å². The number of amides is 2. The number of para-hydroxylation sites is 1. The molecule has 0 atom stereocenters. The van der Waals surface area contributed by atoms with Crippen LogP contribution in [0.4, 0.5) is 0 Å². The molecule has 0 bridgehead atoms. The Bertz CT molecular complexity index is 1480. The molecule has 156 valence electrons. The molecule has 0 fully saturated rings. The predicted octanol–water partition coefficient (Wildman–Crippen LogP) is 2.75. The zero-order chi connectivity index (χ0) is 22.1. The minimum Gasteiger partial charge on any atom is -0.267 e. The van der Waals surface area contributed by atoms with Crippen LogP contribution < -0.4 is 10.9 Å². The number of hydrogen-bond donors (Lipinski definition) is 2. The lowest BCUT2D eigenvalue weighted by Gasteiger charge is -2.09. The third-order valence-corrected chi connectivity index (χ3v) is 5.13. The second-order valence-electron chi connectivity index (χ2n) is 7.07. The molecule has 0 radical (unpaired) electrons. The average Bonchev–Trinajstić information content (AvgIpc) is 3.22. The van der Waals surface area contributed by atoms with Crippen LogP contribution >= 0.6 is 0 Å². The summed E-state index contributed by atoms with van der Waals surface area (Å²) in [7, 11) is 0. The number of carbonyl (C=O) groups is 2. The van der Waals surface area contributed by atoms with Crippen molar-refractivity contribution in [3.63, 3.8) is 0 Å². The van der Waals surface area contributed by atoms with Crippen molar-refractivity contribution in [2.75, 3.05) is 0 Å².